The molecule has 0 fully saturated rings. The second kappa shape index (κ2) is 8.68. The highest BCUT2D eigenvalue weighted by molar-refractivity contribution is 7.92. The minimum atomic E-state index is -3.99. The van der Waals surface area contributed by atoms with E-state index in [1.807, 2.05) is 26.0 Å². The van der Waals surface area contributed by atoms with E-state index in [0.29, 0.717) is 5.69 Å². The number of anilines is 2. The maximum Gasteiger partial charge on any atom is 0.264 e. The predicted octanol–water partition coefficient (Wildman–Crippen LogP) is 4.79. The van der Waals surface area contributed by atoms with Crippen molar-refractivity contribution < 1.29 is 13.2 Å². The Balaban J connectivity index is 1.94. The molecule has 0 aromatic heterocycles. The van der Waals surface area contributed by atoms with Gasteiger partial charge in [0, 0.05) is 5.69 Å². The number of carbonyl (C=O) groups excluding carboxylic acids is 1. The molecule has 0 saturated carbocycles. The average Bonchev–Trinajstić information content (AvgIpc) is 2.70. The summed E-state index contributed by atoms with van der Waals surface area (Å²) >= 11 is 6.26. The van der Waals surface area contributed by atoms with Gasteiger partial charge in [-0.15, -0.1) is 0 Å². The summed E-state index contributed by atoms with van der Waals surface area (Å²) in [5.41, 5.74) is 2.98. The SMILES string of the molecule is Cc1ccc(NC(=O)CN(c2ccccc2Cl)S(=O)(=O)c2ccccc2)cc1C. The number of nitrogens with one attached hydrogen (secondary N) is 1. The first-order chi connectivity index (χ1) is 13.8. The first-order valence-corrected chi connectivity index (χ1v) is 10.8. The van der Waals surface area contributed by atoms with Crippen molar-refractivity contribution in [2.45, 2.75) is 18.7 Å². The van der Waals surface area contributed by atoms with E-state index in [1.165, 1.54) is 12.1 Å². The Hall–Kier alpha value is -2.83. The highest BCUT2D eigenvalue weighted by atomic mass is 35.5. The van der Waals surface area contributed by atoms with Gasteiger partial charge in [0.2, 0.25) is 5.91 Å². The number of benzene rings is 3. The summed E-state index contributed by atoms with van der Waals surface area (Å²) in [5, 5.41) is 3.01. The topological polar surface area (TPSA) is 66.5 Å². The van der Waals surface area contributed by atoms with Crippen molar-refractivity contribution in [1.29, 1.82) is 0 Å². The number of rotatable bonds is 6. The van der Waals surface area contributed by atoms with E-state index < -0.39 is 22.5 Å². The summed E-state index contributed by atoms with van der Waals surface area (Å²) in [6, 6.07) is 20.0. The van der Waals surface area contributed by atoms with Crippen LogP contribution in [0.4, 0.5) is 11.4 Å². The second-order valence-corrected chi connectivity index (χ2v) is 8.89. The fourth-order valence-corrected chi connectivity index (χ4v) is 4.57. The van der Waals surface area contributed by atoms with Crippen LogP contribution in [0.2, 0.25) is 5.02 Å². The van der Waals surface area contributed by atoms with Crippen molar-refractivity contribution in [3.05, 3.63) is 88.9 Å². The number of aryl methyl sites for hydroxylation is 2. The zero-order chi connectivity index (χ0) is 21.0. The van der Waals surface area contributed by atoms with Crippen LogP contribution in [0.1, 0.15) is 11.1 Å². The van der Waals surface area contributed by atoms with Gasteiger partial charge in [-0.1, -0.05) is 48.0 Å². The first-order valence-electron chi connectivity index (χ1n) is 8.98. The lowest BCUT2D eigenvalue weighted by molar-refractivity contribution is -0.114. The van der Waals surface area contributed by atoms with E-state index in [2.05, 4.69) is 5.32 Å². The van der Waals surface area contributed by atoms with Gasteiger partial charge in [0.1, 0.15) is 6.54 Å². The van der Waals surface area contributed by atoms with E-state index >= 15 is 0 Å². The molecule has 0 unspecified atom stereocenters. The normalized spacial score (nSPS) is 11.1. The predicted molar refractivity (Wildman–Crippen MR) is 117 cm³/mol. The lowest BCUT2D eigenvalue weighted by Gasteiger charge is -2.25. The van der Waals surface area contributed by atoms with Gasteiger partial charge in [-0.3, -0.25) is 9.10 Å². The number of sulfonamides is 1. The van der Waals surface area contributed by atoms with E-state index in [1.54, 1.807) is 48.5 Å². The Kier molecular flexibility index (Phi) is 6.25. The number of hydrogen-bond donors (Lipinski definition) is 1. The van der Waals surface area contributed by atoms with Gasteiger partial charge in [-0.25, -0.2) is 8.42 Å². The largest absolute Gasteiger partial charge is 0.325 e. The molecule has 29 heavy (non-hydrogen) atoms. The van der Waals surface area contributed by atoms with Gasteiger partial charge >= 0.3 is 0 Å². The Bertz CT molecular complexity index is 1130. The molecule has 0 radical (unpaired) electrons. The average molecular weight is 429 g/mol. The van der Waals surface area contributed by atoms with Crippen LogP contribution in [-0.2, 0) is 14.8 Å². The Morgan fingerprint density at radius 2 is 1.59 bits per heavy atom. The number of halogens is 1. The first kappa shape index (κ1) is 20.9. The number of nitrogens with zero attached hydrogens (tertiary/aromatic N) is 1. The fourth-order valence-electron chi connectivity index (χ4n) is 2.82. The van der Waals surface area contributed by atoms with Gasteiger partial charge in [-0.05, 0) is 61.4 Å². The fraction of sp³-hybridized carbons (Fsp3) is 0.136. The molecule has 3 rings (SSSR count). The molecule has 0 bridgehead atoms. The third-order valence-corrected chi connectivity index (χ3v) is 6.62. The lowest BCUT2D eigenvalue weighted by atomic mass is 10.1. The lowest BCUT2D eigenvalue weighted by Crippen LogP contribution is -2.38. The molecule has 0 saturated heterocycles. The second-order valence-electron chi connectivity index (χ2n) is 6.62. The van der Waals surface area contributed by atoms with Crippen LogP contribution in [0.25, 0.3) is 0 Å². The third kappa shape index (κ3) is 4.78. The van der Waals surface area contributed by atoms with E-state index in [0.717, 1.165) is 15.4 Å². The van der Waals surface area contributed by atoms with Crippen molar-refractivity contribution in [1.82, 2.24) is 0 Å². The molecule has 0 atom stereocenters. The summed E-state index contributed by atoms with van der Waals surface area (Å²) < 4.78 is 27.5. The standard InChI is InChI=1S/C22H21ClN2O3S/c1-16-12-13-18(14-17(16)2)24-22(26)15-25(21-11-7-6-10-20(21)23)29(27,28)19-8-4-3-5-9-19/h3-14H,15H2,1-2H3,(H,24,26). The number of hydrogen-bond acceptors (Lipinski definition) is 3. The highest BCUT2D eigenvalue weighted by Gasteiger charge is 2.28. The summed E-state index contributed by atoms with van der Waals surface area (Å²) in [7, 11) is -3.99. The maximum absolute atomic E-state index is 13.3. The molecular weight excluding hydrogens is 408 g/mol. The summed E-state index contributed by atoms with van der Waals surface area (Å²) in [5.74, 6) is -0.465. The number of carbonyl (C=O) groups is 1. The molecule has 0 aliphatic heterocycles. The molecule has 0 aliphatic rings. The zero-order valence-electron chi connectivity index (χ0n) is 16.1. The van der Waals surface area contributed by atoms with Crippen molar-refractivity contribution in [3.8, 4) is 0 Å². The van der Waals surface area contributed by atoms with Crippen LogP contribution in [0, 0.1) is 13.8 Å². The molecule has 0 aliphatic carbocycles. The Labute approximate surface area is 176 Å². The van der Waals surface area contributed by atoms with Crippen LogP contribution in [0.5, 0.6) is 0 Å². The van der Waals surface area contributed by atoms with Crippen LogP contribution in [-0.4, -0.2) is 20.9 Å². The van der Waals surface area contributed by atoms with Crippen molar-refractivity contribution >= 4 is 38.9 Å². The monoisotopic (exact) mass is 428 g/mol. The van der Waals surface area contributed by atoms with Gasteiger partial charge < -0.3 is 5.32 Å². The molecule has 1 N–H and O–H groups in total. The minimum Gasteiger partial charge on any atom is -0.325 e. The van der Waals surface area contributed by atoms with Gasteiger partial charge in [0.05, 0.1) is 15.6 Å². The molecular formula is C22H21ClN2O3S. The van der Waals surface area contributed by atoms with Crippen molar-refractivity contribution in [2.24, 2.45) is 0 Å². The van der Waals surface area contributed by atoms with Crippen LogP contribution in [0.15, 0.2) is 77.7 Å². The van der Waals surface area contributed by atoms with Crippen molar-refractivity contribution in [2.75, 3.05) is 16.2 Å². The van der Waals surface area contributed by atoms with Gasteiger partial charge in [-0.2, -0.15) is 0 Å². The van der Waals surface area contributed by atoms with Gasteiger partial charge in [0.25, 0.3) is 10.0 Å². The third-order valence-electron chi connectivity index (χ3n) is 4.53. The number of amides is 1. The summed E-state index contributed by atoms with van der Waals surface area (Å²) in [6.07, 6.45) is 0. The van der Waals surface area contributed by atoms with E-state index in [-0.39, 0.29) is 15.6 Å². The molecule has 0 spiro atoms. The van der Waals surface area contributed by atoms with Crippen LogP contribution >= 0.6 is 11.6 Å². The van der Waals surface area contributed by atoms with Crippen LogP contribution < -0.4 is 9.62 Å². The molecule has 3 aromatic carbocycles. The van der Waals surface area contributed by atoms with Gasteiger partial charge in [0.15, 0.2) is 0 Å². The molecule has 5 nitrogen and oxygen atoms in total. The minimum absolute atomic E-state index is 0.0823. The zero-order valence-corrected chi connectivity index (χ0v) is 17.7. The Morgan fingerprint density at radius 1 is 0.931 bits per heavy atom. The molecule has 7 heteroatoms. The maximum atomic E-state index is 13.3. The summed E-state index contributed by atoms with van der Waals surface area (Å²) in [4.78, 5) is 12.8. The highest BCUT2D eigenvalue weighted by Crippen LogP contribution is 2.30. The smallest absolute Gasteiger partial charge is 0.264 e. The van der Waals surface area contributed by atoms with Crippen molar-refractivity contribution in [3.63, 3.8) is 0 Å². The molecule has 1 amide bonds. The molecule has 0 heterocycles. The van der Waals surface area contributed by atoms with E-state index in [9.17, 15) is 13.2 Å². The quantitative estimate of drug-likeness (QED) is 0.613. The number of para-hydroxylation sites is 1. The molecule has 3 aromatic rings. The summed E-state index contributed by atoms with van der Waals surface area (Å²) in [6.45, 7) is 3.52. The molecule has 150 valence electrons. The van der Waals surface area contributed by atoms with E-state index in [4.69, 9.17) is 11.6 Å². The Morgan fingerprint density at radius 3 is 2.24 bits per heavy atom. The van der Waals surface area contributed by atoms with Crippen LogP contribution in [0.3, 0.4) is 0 Å².